The predicted octanol–water partition coefficient (Wildman–Crippen LogP) is 0.597. The topological polar surface area (TPSA) is 49.4 Å². The van der Waals surface area contributed by atoms with E-state index >= 15 is 0 Å². The minimum atomic E-state index is -2.86. The van der Waals surface area contributed by atoms with Crippen LogP contribution in [0.2, 0.25) is 0 Å². The Morgan fingerprint density at radius 2 is 1.88 bits per heavy atom. The van der Waals surface area contributed by atoms with Crippen molar-refractivity contribution in [3.8, 4) is 0 Å². The van der Waals surface area contributed by atoms with Gasteiger partial charge < -0.3 is 10.2 Å². The van der Waals surface area contributed by atoms with E-state index in [-0.39, 0.29) is 11.2 Å². The molecule has 5 heteroatoms. The lowest BCUT2D eigenvalue weighted by molar-refractivity contribution is 0.174. The normalized spacial score (nSPS) is 15.4. The molecule has 0 aromatic rings. The molecular weight excluding hydrogens is 224 g/mol. The summed E-state index contributed by atoms with van der Waals surface area (Å²) in [4.78, 5) is 2.08. The first kappa shape index (κ1) is 15.9. The second-order valence-electron chi connectivity index (χ2n) is 5.37. The Labute approximate surface area is 100 Å². The number of sulfone groups is 1. The fraction of sp³-hybridized carbons (Fsp3) is 1.00. The molecule has 0 aromatic heterocycles. The molecule has 0 aliphatic heterocycles. The summed E-state index contributed by atoms with van der Waals surface area (Å²) >= 11 is 0. The molecule has 0 saturated carbocycles. The van der Waals surface area contributed by atoms with Gasteiger partial charge in [-0.25, -0.2) is 8.42 Å². The molecule has 0 fully saturated rings. The van der Waals surface area contributed by atoms with Gasteiger partial charge in [-0.2, -0.15) is 0 Å². The van der Waals surface area contributed by atoms with Crippen LogP contribution in [0.3, 0.4) is 0 Å². The lowest BCUT2D eigenvalue weighted by Gasteiger charge is -2.35. The number of hydrogen-bond acceptors (Lipinski definition) is 4. The molecule has 1 N–H and O–H groups in total. The summed E-state index contributed by atoms with van der Waals surface area (Å²) in [7, 11) is 1.06. The molecule has 16 heavy (non-hydrogen) atoms. The predicted molar refractivity (Wildman–Crippen MR) is 69.5 cm³/mol. The number of nitrogens with zero attached hydrogens (tertiary/aromatic N) is 1. The quantitative estimate of drug-likeness (QED) is 0.719. The Bertz CT molecular complexity index is 299. The van der Waals surface area contributed by atoms with Crippen molar-refractivity contribution in [2.45, 2.75) is 26.8 Å². The van der Waals surface area contributed by atoms with Gasteiger partial charge in [0.25, 0.3) is 0 Å². The van der Waals surface area contributed by atoms with Crippen LogP contribution in [-0.4, -0.2) is 58.6 Å². The van der Waals surface area contributed by atoms with Crippen molar-refractivity contribution in [1.82, 2.24) is 10.2 Å². The molecular formula is C11H26N2O2S. The van der Waals surface area contributed by atoms with Crippen LogP contribution in [0.15, 0.2) is 0 Å². The summed E-state index contributed by atoms with van der Waals surface area (Å²) in [6, 6.07) is 0.396. The van der Waals surface area contributed by atoms with Crippen molar-refractivity contribution >= 4 is 9.84 Å². The average Bonchev–Trinajstić information content (AvgIpc) is 2.11. The highest BCUT2D eigenvalue weighted by atomic mass is 32.2. The highest BCUT2D eigenvalue weighted by molar-refractivity contribution is 7.90. The van der Waals surface area contributed by atoms with Gasteiger partial charge >= 0.3 is 0 Å². The molecule has 0 aliphatic carbocycles. The number of nitrogens with one attached hydrogen (secondary N) is 1. The smallest absolute Gasteiger partial charge is 0.148 e. The summed E-state index contributed by atoms with van der Waals surface area (Å²) in [6.07, 6.45) is 1.28. The van der Waals surface area contributed by atoms with Crippen LogP contribution in [0.4, 0.5) is 0 Å². The van der Waals surface area contributed by atoms with Gasteiger partial charge in [0.1, 0.15) is 9.84 Å². The highest BCUT2D eigenvalue weighted by Gasteiger charge is 2.26. The van der Waals surface area contributed by atoms with Gasteiger partial charge in [0.2, 0.25) is 0 Å². The summed E-state index contributed by atoms with van der Waals surface area (Å²) in [5.41, 5.74) is 0.126. The first-order valence-corrected chi connectivity index (χ1v) is 7.68. The molecule has 0 radical (unpaired) electrons. The summed E-state index contributed by atoms with van der Waals surface area (Å²) < 4.78 is 22.1. The second kappa shape index (κ2) is 5.98. The maximum atomic E-state index is 11.1. The van der Waals surface area contributed by atoms with E-state index < -0.39 is 9.84 Å². The molecule has 4 nitrogen and oxygen atoms in total. The lowest BCUT2D eigenvalue weighted by atomic mass is 9.85. The van der Waals surface area contributed by atoms with E-state index in [0.29, 0.717) is 12.6 Å². The van der Waals surface area contributed by atoms with E-state index in [0.717, 1.165) is 6.54 Å². The Kier molecular flexibility index (Phi) is 5.93. The Morgan fingerprint density at radius 3 is 2.25 bits per heavy atom. The zero-order valence-electron chi connectivity index (χ0n) is 11.4. The molecule has 0 bridgehead atoms. The third-order valence-electron chi connectivity index (χ3n) is 3.13. The van der Waals surface area contributed by atoms with Gasteiger partial charge in [0.05, 0.1) is 5.75 Å². The molecule has 0 rings (SSSR count). The number of hydrogen-bond donors (Lipinski definition) is 1. The minimum Gasteiger partial charge on any atom is -0.317 e. The van der Waals surface area contributed by atoms with E-state index in [4.69, 9.17) is 0 Å². The third-order valence-corrected chi connectivity index (χ3v) is 4.05. The Balaban J connectivity index is 4.18. The van der Waals surface area contributed by atoms with Crippen molar-refractivity contribution in [3.63, 3.8) is 0 Å². The molecule has 0 spiro atoms. The summed E-state index contributed by atoms with van der Waals surface area (Å²) in [5.74, 6) is 0.230. The molecule has 0 aromatic carbocycles. The van der Waals surface area contributed by atoms with Crippen molar-refractivity contribution in [1.29, 1.82) is 0 Å². The average molecular weight is 250 g/mol. The SMILES string of the molecule is CNC(C)C(C)(C)CN(C)CCS(C)(=O)=O. The van der Waals surface area contributed by atoms with Gasteiger partial charge in [0, 0.05) is 25.4 Å². The van der Waals surface area contributed by atoms with E-state index in [1.165, 1.54) is 6.26 Å². The van der Waals surface area contributed by atoms with Gasteiger partial charge in [-0.05, 0) is 26.4 Å². The molecule has 1 atom stereocenters. The highest BCUT2D eigenvalue weighted by Crippen LogP contribution is 2.21. The van der Waals surface area contributed by atoms with Gasteiger partial charge in [-0.1, -0.05) is 13.8 Å². The zero-order valence-corrected chi connectivity index (χ0v) is 12.2. The van der Waals surface area contributed by atoms with Gasteiger partial charge in [-0.15, -0.1) is 0 Å². The Morgan fingerprint density at radius 1 is 1.38 bits per heavy atom. The largest absolute Gasteiger partial charge is 0.317 e. The molecule has 0 heterocycles. The van der Waals surface area contributed by atoms with Crippen molar-refractivity contribution in [3.05, 3.63) is 0 Å². The van der Waals surface area contributed by atoms with Crippen LogP contribution >= 0.6 is 0 Å². The number of rotatable bonds is 7. The summed E-state index contributed by atoms with van der Waals surface area (Å²) in [6.45, 7) is 7.99. The third kappa shape index (κ3) is 6.45. The van der Waals surface area contributed by atoms with Crippen molar-refractivity contribution in [2.75, 3.05) is 39.2 Å². The fourth-order valence-corrected chi connectivity index (χ4v) is 2.27. The first-order chi connectivity index (χ1) is 7.08. The minimum absolute atomic E-state index is 0.126. The monoisotopic (exact) mass is 250 g/mol. The fourth-order valence-electron chi connectivity index (χ4n) is 1.62. The maximum Gasteiger partial charge on any atom is 0.148 e. The standard InChI is InChI=1S/C11H26N2O2S/c1-10(12-4)11(2,3)9-13(5)7-8-16(6,14)15/h10,12H,7-9H2,1-6H3. The van der Waals surface area contributed by atoms with Crippen molar-refractivity contribution < 1.29 is 8.42 Å². The van der Waals surface area contributed by atoms with E-state index in [1.807, 2.05) is 14.1 Å². The van der Waals surface area contributed by atoms with Crippen LogP contribution in [0, 0.1) is 5.41 Å². The van der Waals surface area contributed by atoms with Crippen LogP contribution in [-0.2, 0) is 9.84 Å². The molecule has 98 valence electrons. The Hall–Kier alpha value is -0.130. The van der Waals surface area contributed by atoms with Crippen LogP contribution in [0.5, 0.6) is 0 Å². The lowest BCUT2D eigenvalue weighted by Crippen LogP contribution is -2.45. The van der Waals surface area contributed by atoms with E-state index in [2.05, 4.69) is 31.0 Å². The zero-order chi connectivity index (χ0) is 13.0. The molecule has 0 aliphatic rings. The van der Waals surface area contributed by atoms with E-state index in [9.17, 15) is 8.42 Å². The van der Waals surface area contributed by atoms with E-state index in [1.54, 1.807) is 0 Å². The molecule has 0 saturated heterocycles. The van der Waals surface area contributed by atoms with Crippen molar-refractivity contribution in [2.24, 2.45) is 5.41 Å². The van der Waals surface area contributed by atoms with Crippen LogP contribution in [0.1, 0.15) is 20.8 Å². The van der Waals surface area contributed by atoms with Crippen LogP contribution in [0.25, 0.3) is 0 Å². The summed E-state index contributed by atoms with van der Waals surface area (Å²) in [5, 5.41) is 3.24. The second-order valence-corrected chi connectivity index (χ2v) is 7.63. The van der Waals surface area contributed by atoms with Gasteiger partial charge in [-0.3, -0.25) is 0 Å². The maximum absolute atomic E-state index is 11.1. The van der Waals surface area contributed by atoms with Crippen LogP contribution < -0.4 is 5.32 Å². The van der Waals surface area contributed by atoms with Gasteiger partial charge in [0.15, 0.2) is 0 Å². The first-order valence-electron chi connectivity index (χ1n) is 5.62. The molecule has 0 amide bonds. The molecule has 1 unspecified atom stereocenters.